The van der Waals surface area contributed by atoms with Crippen molar-refractivity contribution >= 4 is 11.7 Å². The highest BCUT2D eigenvalue weighted by molar-refractivity contribution is 5.94. The maximum absolute atomic E-state index is 12.9. The van der Waals surface area contributed by atoms with Crippen molar-refractivity contribution in [2.45, 2.75) is 6.18 Å². The maximum atomic E-state index is 12.9. The fraction of sp³-hybridized carbons (Fsp3) is 0.389. The fourth-order valence-electron chi connectivity index (χ4n) is 2.90. The van der Waals surface area contributed by atoms with Gasteiger partial charge in [-0.15, -0.1) is 0 Å². The second-order valence-electron chi connectivity index (χ2n) is 6.11. The van der Waals surface area contributed by atoms with Gasteiger partial charge in [0, 0.05) is 37.8 Å². The Morgan fingerprint density at radius 3 is 2.36 bits per heavy atom. The van der Waals surface area contributed by atoms with Crippen molar-refractivity contribution in [2.75, 3.05) is 45.3 Å². The average Bonchev–Trinajstić information content (AvgIpc) is 2.72. The zero-order valence-electron chi connectivity index (χ0n) is 15.4. The third-order valence-corrected chi connectivity index (χ3v) is 4.39. The van der Waals surface area contributed by atoms with Gasteiger partial charge in [-0.25, -0.2) is 0 Å². The molecule has 2 heterocycles. The number of hydrogen-bond acceptors (Lipinski definition) is 6. The van der Waals surface area contributed by atoms with Crippen molar-refractivity contribution in [1.82, 2.24) is 14.9 Å². The zero-order valence-corrected chi connectivity index (χ0v) is 15.4. The Balaban J connectivity index is 1.70. The molecule has 0 bridgehead atoms. The molecule has 10 heteroatoms. The number of ether oxygens (including phenoxy) is 2. The second kappa shape index (κ2) is 7.91. The number of hydrogen-bond donors (Lipinski definition) is 0. The molecule has 0 unspecified atom stereocenters. The van der Waals surface area contributed by atoms with Gasteiger partial charge in [0.05, 0.1) is 19.8 Å². The molecule has 0 aliphatic carbocycles. The number of halogens is 3. The summed E-state index contributed by atoms with van der Waals surface area (Å²) < 4.78 is 48.8. The Labute approximate surface area is 159 Å². The van der Waals surface area contributed by atoms with Crippen molar-refractivity contribution in [1.29, 1.82) is 0 Å². The number of alkyl halides is 3. The summed E-state index contributed by atoms with van der Waals surface area (Å²) in [6, 6.07) is 6.29. The molecule has 1 amide bonds. The van der Waals surface area contributed by atoms with E-state index in [0.717, 1.165) is 12.1 Å². The molecule has 0 N–H and O–H groups in total. The number of aromatic nitrogens is 2. The highest BCUT2D eigenvalue weighted by Crippen LogP contribution is 2.30. The van der Waals surface area contributed by atoms with Crippen LogP contribution in [0, 0.1) is 0 Å². The molecule has 0 radical (unpaired) electrons. The molecule has 0 atom stereocenters. The normalized spacial score (nSPS) is 14.8. The first-order valence-electron chi connectivity index (χ1n) is 8.50. The van der Waals surface area contributed by atoms with E-state index < -0.39 is 17.6 Å². The molecule has 1 fully saturated rings. The topological polar surface area (TPSA) is 67.8 Å². The number of amides is 1. The minimum absolute atomic E-state index is 0.0219. The lowest BCUT2D eigenvalue weighted by Crippen LogP contribution is -2.49. The van der Waals surface area contributed by atoms with E-state index in [9.17, 15) is 18.0 Å². The summed E-state index contributed by atoms with van der Waals surface area (Å²) in [7, 11) is 2.93. The minimum atomic E-state index is -4.49. The molecule has 7 nitrogen and oxygen atoms in total. The van der Waals surface area contributed by atoms with Gasteiger partial charge in [-0.2, -0.15) is 23.1 Å². The second-order valence-corrected chi connectivity index (χ2v) is 6.11. The van der Waals surface area contributed by atoms with E-state index in [2.05, 4.69) is 9.97 Å². The standard InChI is InChI=1S/C18H19F3N4O3/c1-27-15-11-14(22-17(23-15)28-2)24-6-8-25(9-7-24)16(26)12-4-3-5-13(10-12)18(19,20)21/h3-5,10-11H,6-9H2,1-2H3. The van der Waals surface area contributed by atoms with Crippen LogP contribution in [0.15, 0.2) is 30.3 Å². The van der Waals surface area contributed by atoms with E-state index in [1.807, 2.05) is 4.90 Å². The molecule has 3 rings (SSSR count). The lowest BCUT2D eigenvalue weighted by atomic mass is 10.1. The lowest BCUT2D eigenvalue weighted by molar-refractivity contribution is -0.137. The third kappa shape index (κ3) is 4.26. The monoisotopic (exact) mass is 396 g/mol. The number of anilines is 1. The van der Waals surface area contributed by atoms with Gasteiger partial charge in [0.2, 0.25) is 5.88 Å². The predicted octanol–water partition coefficient (Wildman–Crippen LogP) is 2.48. The van der Waals surface area contributed by atoms with Gasteiger partial charge in [-0.05, 0) is 18.2 Å². The summed E-state index contributed by atoms with van der Waals surface area (Å²) in [5.41, 5.74) is -0.814. The van der Waals surface area contributed by atoms with E-state index in [-0.39, 0.29) is 11.6 Å². The van der Waals surface area contributed by atoms with Crippen LogP contribution in [0.4, 0.5) is 19.0 Å². The number of carbonyl (C=O) groups excluding carboxylic acids is 1. The molecule has 0 saturated carbocycles. The van der Waals surface area contributed by atoms with Crippen molar-refractivity contribution in [2.24, 2.45) is 0 Å². The van der Waals surface area contributed by atoms with Crippen LogP contribution in [0.25, 0.3) is 0 Å². The van der Waals surface area contributed by atoms with Crippen LogP contribution >= 0.6 is 0 Å². The van der Waals surface area contributed by atoms with Gasteiger partial charge in [-0.3, -0.25) is 4.79 Å². The maximum Gasteiger partial charge on any atom is 0.416 e. The van der Waals surface area contributed by atoms with E-state index in [4.69, 9.17) is 9.47 Å². The minimum Gasteiger partial charge on any atom is -0.481 e. The van der Waals surface area contributed by atoms with Crippen LogP contribution in [0.1, 0.15) is 15.9 Å². The van der Waals surface area contributed by atoms with Gasteiger partial charge in [0.1, 0.15) is 5.82 Å². The summed E-state index contributed by atoms with van der Waals surface area (Å²) in [4.78, 5) is 24.4. The number of piperazine rings is 1. The summed E-state index contributed by atoms with van der Waals surface area (Å²) in [6.45, 7) is 1.63. The molecule has 150 valence electrons. The Morgan fingerprint density at radius 2 is 1.75 bits per heavy atom. The van der Waals surface area contributed by atoms with E-state index in [0.29, 0.717) is 37.9 Å². The average molecular weight is 396 g/mol. The van der Waals surface area contributed by atoms with Crippen molar-refractivity contribution < 1.29 is 27.4 Å². The molecular formula is C18H19F3N4O3. The van der Waals surface area contributed by atoms with Gasteiger partial charge in [-0.1, -0.05) is 6.07 Å². The van der Waals surface area contributed by atoms with Crippen LogP contribution in [0.3, 0.4) is 0 Å². The van der Waals surface area contributed by atoms with Gasteiger partial charge in [0.25, 0.3) is 5.91 Å². The van der Waals surface area contributed by atoms with Gasteiger partial charge in [0.15, 0.2) is 0 Å². The summed E-state index contributed by atoms with van der Waals surface area (Å²) in [5, 5.41) is 0. The highest BCUT2D eigenvalue weighted by atomic mass is 19.4. The van der Waals surface area contributed by atoms with Crippen LogP contribution < -0.4 is 14.4 Å². The van der Waals surface area contributed by atoms with Crippen molar-refractivity contribution in [3.63, 3.8) is 0 Å². The van der Waals surface area contributed by atoms with E-state index in [1.54, 1.807) is 6.07 Å². The van der Waals surface area contributed by atoms with Crippen molar-refractivity contribution in [3.05, 3.63) is 41.5 Å². The molecule has 1 aliphatic heterocycles. The number of benzene rings is 1. The Morgan fingerprint density at radius 1 is 1.04 bits per heavy atom. The first kappa shape index (κ1) is 19.7. The molecule has 1 aromatic heterocycles. The number of methoxy groups -OCH3 is 2. The Bertz CT molecular complexity index is 830. The van der Waals surface area contributed by atoms with Crippen LogP contribution in [-0.4, -0.2) is 61.2 Å². The molecule has 1 aliphatic rings. The van der Waals surface area contributed by atoms with E-state index >= 15 is 0 Å². The van der Waals surface area contributed by atoms with E-state index in [1.165, 1.54) is 31.3 Å². The Hall–Kier alpha value is -3.04. The smallest absolute Gasteiger partial charge is 0.416 e. The SMILES string of the molecule is COc1cc(N2CCN(C(=O)c3cccc(C(F)(F)F)c3)CC2)nc(OC)n1. The lowest BCUT2D eigenvalue weighted by Gasteiger charge is -2.35. The van der Waals surface area contributed by atoms with Crippen LogP contribution in [0.5, 0.6) is 11.9 Å². The van der Waals surface area contributed by atoms with Crippen LogP contribution in [-0.2, 0) is 6.18 Å². The molecule has 1 aromatic carbocycles. The first-order valence-corrected chi connectivity index (χ1v) is 8.50. The molecular weight excluding hydrogens is 377 g/mol. The molecule has 0 spiro atoms. The molecule has 1 saturated heterocycles. The summed E-state index contributed by atoms with van der Waals surface area (Å²) >= 11 is 0. The molecule has 2 aromatic rings. The fourth-order valence-corrected chi connectivity index (χ4v) is 2.90. The van der Waals surface area contributed by atoms with Crippen LogP contribution in [0.2, 0.25) is 0 Å². The number of nitrogens with zero attached hydrogens (tertiary/aromatic N) is 4. The predicted molar refractivity (Wildman–Crippen MR) is 94.7 cm³/mol. The quantitative estimate of drug-likeness (QED) is 0.791. The third-order valence-electron chi connectivity index (χ3n) is 4.39. The number of carbonyl (C=O) groups is 1. The summed E-state index contributed by atoms with van der Waals surface area (Å²) in [6.07, 6.45) is -4.49. The first-order chi connectivity index (χ1) is 13.3. The largest absolute Gasteiger partial charge is 0.481 e. The number of rotatable bonds is 4. The van der Waals surface area contributed by atoms with Gasteiger partial charge >= 0.3 is 12.2 Å². The Kier molecular flexibility index (Phi) is 5.57. The van der Waals surface area contributed by atoms with Gasteiger partial charge < -0.3 is 19.3 Å². The highest BCUT2D eigenvalue weighted by Gasteiger charge is 2.32. The molecule has 28 heavy (non-hydrogen) atoms. The summed E-state index contributed by atoms with van der Waals surface area (Å²) in [5.74, 6) is 0.516. The van der Waals surface area contributed by atoms with Crippen molar-refractivity contribution in [3.8, 4) is 11.9 Å². The zero-order chi connectivity index (χ0) is 20.3.